The Morgan fingerprint density at radius 1 is 1.19 bits per heavy atom. The predicted molar refractivity (Wildman–Crippen MR) is 65.0 cm³/mol. The standard InChI is InChI=1S/C12H16N2OS/c15-12-13-10-7-3-6-9(10)11(14-12)16-8-4-1-2-5-8/h8H,1-7H2,(H,13,14,15). The number of hydrogen-bond acceptors (Lipinski definition) is 3. The van der Waals surface area contributed by atoms with E-state index in [4.69, 9.17) is 0 Å². The highest BCUT2D eigenvalue weighted by molar-refractivity contribution is 7.99. The van der Waals surface area contributed by atoms with Crippen LogP contribution in [-0.4, -0.2) is 15.2 Å². The zero-order valence-corrected chi connectivity index (χ0v) is 10.1. The summed E-state index contributed by atoms with van der Waals surface area (Å²) in [6, 6.07) is 0. The van der Waals surface area contributed by atoms with Crippen LogP contribution < -0.4 is 5.69 Å². The van der Waals surface area contributed by atoms with Gasteiger partial charge >= 0.3 is 5.69 Å². The van der Waals surface area contributed by atoms with Crippen LogP contribution in [0, 0.1) is 0 Å². The van der Waals surface area contributed by atoms with Crippen LogP contribution >= 0.6 is 11.8 Å². The molecule has 3 rings (SSSR count). The van der Waals surface area contributed by atoms with Crippen molar-refractivity contribution < 1.29 is 0 Å². The molecule has 0 spiro atoms. The first-order chi connectivity index (χ1) is 7.83. The van der Waals surface area contributed by atoms with Crippen LogP contribution in [0.4, 0.5) is 0 Å². The van der Waals surface area contributed by atoms with Gasteiger partial charge in [-0.1, -0.05) is 12.8 Å². The summed E-state index contributed by atoms with van der Waals surface area (Å²) in [7, 11) is 0. The molecule has 4 heteroatoms. The Hall–Kier alpha value is -0.770. The minimum atomic E-state index is -0.166. The van der Waals surface area contributed by atoms with Crippen molar-refractivity contribution in [1.82, 2.24) is 9.97 Å². The second kappa shape index (κ2) is 4.24. The molecule has 1 N–H and O–H groups in total. The van der Waals surface area contributed by atoms with E-state index in [2.05, 4.69) is 9.97 Å². The molecule has 1 heterocycles. The SMILES string of the molecule is O=c1nc(SC2CCCC2)c2c([nH]1)CCC2. The number of aromatic amines is 1. The molecule has 1 saturated carbocycles. The van der Waals surface area contributed by atoms with Crippen molar-refractivity contribution in [2.24, 2.45) is 0 Å². The smallest absolute Gasteiger partial charge is 0.309 e. The largest absolute Gasteiger partial charge is 0.346 e. The van der Waals surface area contributed by atoms with Gasteiger partial charge in [0.25, 0.3) is 0 Å². The quantitative estimate of drug-likeness (QED) is 0.801. The van der Waals surface area contributed by atoms with Crippen molar-refractivity contribution in [2.45, 2.75) is 55.2 Å². The first-order valence-electron chi connectivity index (χ1n) is 6.11. The molecule has 16 heavy (non-hydrogen) atoms. The summed E-state index contributed by atoms with van der Waals surface area (Å²) in [6.45, 7) is 0. The zero-order chi connectivity index (χ0) is 11.0. The summed E-state index contributed by atoms with van der Waals surface area (Å²) in [6.07, 6.45) is 8.52. The topological polar surface area (TPSA) is 45.8 Å². The molecule has 0 bridgehead atoms. The molecule has 0 amide bonds. The Kier molecular flexibility index (Phi) is 2.75. The fraction of sp³-hybridized carbons (Fsp3) is 0.667. The number of aryl methyl sites for hydroxylation is 1. The van der Waals surface area contributed by atoms with Gasteiger partial charge in [-0.05, 0) is 32.1 Å². The van der Waals surface area contributed by atoms with Crippen molar-refractivity contribution in [3.8, 4) is 0 Å². The first kappa shape index (κ1) is 10.4. The van der Waals surface area contributed by atoms with Crippen LogP contribution in [-0.2, 0) is 12.8 Å². The fourth-order valence-electron chi connectivity index (χ4n) is 2.70. The molecule has 0 atom stereocenters. The Balaban J connectivity index is 1.90. The number of fused-ring (bicyclic) bond motifs is 1. The van der Waals surface area contributed by atoms with Gasteiger partial charge < -0.3 is 4.98 Å². The molecule has 0 unspecified atom stereocenters. The highest BCUT2D eigenvalue weighted by Gasteiger charge is 2.22. The van der Waals surface area contributed by atoms with Crippen molar-refractivity contribution >= 4 is 11.8 Å². The lowest BCUT2D eigenvalue weighted by atomic mass is 10.3. The second-order valence-corrected chi connectivity index (χ2v) is 5.97. The molecule has 1 fully saturated rings. The van der Waals surface area contributed by atoms with Crippen LogP contribution in [0.3, 0.4) is 0 Å². The van der Waals surface area contributed by atoms with Gasteiger partial charge in [-0.2, -0.15) is 4.98 Å². The predicted octanol–water partition coefficient (Wildman–Crippen LogP) is 2.29. The summed E-state index contributed by atoms with van der Waals surface area (Å²) in [5, 5.41) is 1.71. The summed E-state index contributed by atoms with van der Waals surface area (Å²) in [5.41, 5.74) is 2.29. The van der Waals surface area contributed by atoms with Gasteiger partial charge in [0.2, 0.25) is 0 Å². The van der Waals surface area contributed by atoms with Crippen LogP contribution in [0.25, 0.3) is 0 Å². The molecule has 2 aliphatic rings. The minimum absolute atomic E-state index is 0.166. The van der Waals surface area contributed by atoms with Crippen molar-refractivity contribution in [3.05, 3.63) is 21.7 Å². The molecule has 2 aliphatic carbocycles. The number of hydrogen-bond donors (Lipinski definition) is 1. The molecule has 0 radical (unpaired) electrons. The first-order valence-corrected chi connectivity index (χ1v) is 6.99. The lowest BCUT2D eigenvalue weighted by Gasteiger charge is -2.10. The number of aromatic nitrogens is 2. The van der Waals surface area contributed by atoms with Crippen LogP contribution in [0.2, 0.25) is 0 Å². The van der Waals surface area contributed by atoms with E-state index in [1.165, 1.54) is 31.2 Å². The number of rotatable bonds is 2. The molecular weight excluding hydrogens is 220 g/mol. The summed E-state index contributed by atoms with van der Waals surface area (Å²) < 4.78 is 0. The van der Waals surface area contributed by atoms with E-state index < -0.39 is 0 Å². The van der Waals surface area contributed by atoms with E-state index in [1.54, 1.807) is 0 Å². The third-order valence-electron chi connectivity index (χ3n) is 3.52. The van der Waals surface area contributed by atoms with E-state index in [9.17, 15) is 4.79 Å². The second-order valence-electron chi connectivity index (χ2n) is 4.68. The number of H-pyrrole nitrogens is 1. The third kappa shape index (κ3) is 1.90. The Labute approximate surface area is 99.1 Å². The van der Waals surface area contributed by atoms with Crippen LogP contribution in [0.15, 0.2) is 9.82 Å². The molecular formula is C12H16N2OS. The molecule has 0 aliphatic heterocycles. The minimum Gasteiger partial charge on any atom is -0.309 e. The fourth-order valence-corrected chi connectivity index (χ4v) is 4.08. The molecule has 0 saturated heterocycles. The molecule has 86 valence electrons. The normalized spacial score (nSPS) is 20.2. The Morgan fingerprint density at radius 3 is 2.81 bits per heavy atom. The maximum Gasteiger partial charge on any atom is 0.346 e. The maximum atomic E-state index is 11.4. The van der Waals surface area contributed by atoms with Crippen LogP contribution in [0.5, 0.6) is 0 Å². The highest BCUT2D eigenvalue weighted by atomic mass is 32.2. The van der Waals surface area contributed by atoms with Crippen molar-refractivity contribution in [2.75, 3.05) is 0 Å². The van der Waals surface area contributed by atoms with Gasteiger partial charge in [0, 0.05) is 16.5 Å². The van der Waals surface area contributed by atoms with Gasteiger partial charge in [-0.3, -0.25) is 0 Å². The van der Waals surface area contributed by atoms with Gasteiger partial charge in [-0.15, -0.1) is 11.8 Å². The van der Waals surface area contributed by atoms with Gasteiger partial charge in [-0.25, -0.2) is 4.79 Å². The molecule has 1 aromatic heterocycles. The molecule has 3 nitrogen and oxygen atoms in total. The Bertz CT molecular complexity index is 449. The maximum absolute atomic E-state index is 11.4. The lowest BCUT2D eigenvalue weighted by molar-refractivity contribution is 0.875. The van der Waals surface area contributed by atoms with E-state index in [0.29, 0.717) is 5.25 Å². The van der Waals surface area contributed by atoms with E-state index in [0.717, 1.165) is 30.0 Å². The van der Waals surface area contributed by atoms with Crippen molar-refractivity contribution in [3.63, 3.8) is 0 Å². The number of thioether (sulfide) groups is 1. The van der Waals surface area contributed by atoms with Gasteiger partial charge in [0.05, 0.1) is 0 Å². The average Bonchev–Trinajstić information content (AvgIpc) is 2.87. The van der Waals surface area contributed by atoms with Gasteiger partial charge in [0.15, 0.2) is 0 Å². The highest BCUT2D eigenvalue weighted by Crippen LogP contribution is 2.36. The van der Waals surface area contributed by atoms with Gasteiger partial charge in [0.1, 0.15) is 5.03 Å². The average molecular weight is 236 g/mol. The third-order valence-corrected chi connectivity index (χ3v) is 4.88. The number of nitrogens with zero attached hydrogens (tertiary/aromatic N) is 1. The van der Waals surface area contributed by atoms with E-state index in [1.807, 2.05) is 11.8 Å². The zero-order valence-electron chi connectivity index (χ0n) is 9.29. The summed E-state index contributed by atoms with van der Waals surface area (Å²) >= 11 is 1.84. The number of nitrogens with one attached hydrogen (secondary N) is 1. The van der Waals surface area contributed by atoms with E-state index in [-0.39, 0.29) is 5.69 Å². The molecule has 1 aromatic rings. The molecule has 0 aromatic carbocycles. The monoisotopic (exact) mass is 236 g/mol. The van der Waals surface area contributed by atoms with Crippen molar-refractivity contribution in [1.29, 1.82) is 0 Å². The summed E-state index contributed by atoms with van der Waals surface area (Å²) in [5.74, 6) is 0. The van der Waals surface area contributed by atoms with E-state index >= 15 is 0 Å². The Morgan fingerprint density at radius 2 is 2.00 bits per heavy atom. The lowest BCUT2D eigenvalue weighted by Crippen LogP contribution is -2.15. The summed E-state index contributed by atoms with van der Waals surface area (Å²) in [4.78, 5) is 18.5. The van der Waals surface area contributed by atoms with Crippen LogP contribution in [0.1, 0.15) is 43.4 Å².